The molecule has 1 aromatic carbocycles. The van der Waals surface area contributed by atoms with Gasteiger partial charge in [0.05, 0.1) is 5.56 Å². The van der Waals surface area contributed by atoms with Gasteiger partial charge in [-0.15, -0.1) is 11.3 Å². The highest BCUT2D eigenvalue weighted by Gasteiger charge is 2.07. The zero-order valence-corrected chi connectivity index (χ0v) is 11.3. The minimum atomic E-state index is -0.971. The summed E-state index contributed by atoms with van der Waals surface area (Å²) in [6.07, 6.45) is 0. The molecule has 2 rings (SSSR count). The molecule has 0 radical (unpaired) electrons. The quantitative estimate of drug-likeness (QED) is 0.756. The lowest BCUT2D eigenvalue weighted by atomic mass is 10.1. The second-order valence-electron chi connectivity index (χ2n) is 3.75. The summed E-state index contributed by atoms with van der Waals surface area (Å²) >= 11 is 6.19. The third kappa shape index (κ3) is 3.49. The molecule has 0 spiro atoms. The molecule has 2 aromatic rings. The maximum atomic E-state index is 11.7. The third-order valence-corrected chi connectivity index (χ3v) is 3.48. The first-order chi connectivity index (χ1) is 9.06. The first kappa shape index (κ1) is 13.4. The van der Waals surface area contributed by atoms with E-state index in [0.29, 0.717) is 16.2 Å². The van der Waals surface area contributed by atoms with Crippen LogP contribution in [0.3, 0.4) is 0 Å². The Morgan fingerprint density at radius 2 is 2.00 bits per heavy atom. The van der Waals surface area contributed by atoms with E-state index in [4.69, 9.17) is 17.3 Å². The van der Waals surface area contributed by atoms with Gasteiger partial charge in [-0.3, -0.25) is 4.79 Å². The summed E-state index contributed by atoms with van der Waals surface area (Å²) in [6.45, 7) is 0.329. The van der Waals surface area contributed by atoms with Gasteiger partial charge < -0.3 is 15.4 Å². The van der Waals surface area contributed by atoms with Crippen LogP contribution in [0.4, 0.5) is 0 Å². The number of hydrogen-bond acceptors (Lipinski definition) is 4. The number of hydrogen-bond donors (Lipinski definition) is 3. The van der Waals surface area contributed by atoms with E-state index in [1.807, 2.05) is 0 Å². The predicted octanol–water partition coefficient (Wildman–Crippen LogP) is 2.43. The molecule has 0 atom stereocenters. The highest BCUT2D eigenvalue weighted by atomic mass is 32.1. The Balaban J connectivity index is 1.97. The van der Waals surface area contributed by atoms with Crippen LogP contribution in [0.5, 0.6) is 0 Å². The lowest BCUT2D eigenvalue weighted by Gasteiger charge is -2.04. The van der Waals surface area contributed by atoms with Crippen molar-refractivity contribution in [2.45, 2.75) is 6.54 Å². The summed E-state index contributed by atoms with van der Waals surface area (Å²) in [5, 5.41) is 13.1. The van der Waals surface area contributed by atoms with Gasteiger partial charge >= 0.3 is 5.97 Å². The van der Waals surface area contributed by atoms with E-state index in [1.165, 1.54) is 23.5 Å². The molecule has 7 heteroatoms. The minimum absolute atomic E-state index is 0.219. The Hall–Kier alpha value is -1.99. The largest absolute Gasteiger partial charge is 0.478 e. The first-order valence-corrected chi connectivity index (χ1v) is 6.63. The topological polar surface area (TPSA) is 82.2 Å². The fourth-order valence-electron chi connectivity index (χ4n) is 1.43. The highest BCUT2D eigenvalue weighted by Crippen LogP contribution is 2.06. The Kier molecular flexibility index (Phi) is 4.08. The summed E-state index contributed by atoms with van der Waals surface area (Å²) in [4.78, 5) is 25.2. The van der Waals surface area contributed by atoms with Gasteiger partial charge in [-0.05, 0) is 29.9 Å². The molecule has 0 fully saturated rings. The average Bonchev–Trinajstić information content (AvgIpc) is 2.83. The molecule has 98 valence electrons. The van der Waals surface area contributed by atoms with Crippen LogP contribution in [-0.4, -0.2) is 22.0 Å². The zero-order valence-electron chi connectivity index (χ0n) is 9.67. The van der Waals surface area contributed by atoms with Gasteiger partial charge in [0, 0.05) is 11.9 Å². The van der Waals surface area contributed by atoms with E-state index < -0.39 is 5.97 Å². The molecule has 0 unspecified atom stereocenters. The number of thiazole rings is 1. The van der Waals surface area contributed by atoms with E-state index in [2.05, 4.69) is 10.3 Å². The number of amides is 1. The van der Waals surface area contributed by atoms with Crippen LogP contribution in [0.25, 0.3) is 0 Å². The molecule has 1 amide bonds. The van der Waals surface area contributed by atoms with Crippen LogP contribution in [0.15, 0.2) is 29.6 Å². The maximum absolute atomic E-state index is 11.7. The average molecular weight is 294 g/mol. The minimum Gasteiger partial charge on any atom is -0.478 e. The van der Waals surface area contributed by atoms with Gasteiger partial charge in [-0.2, -0.15) is 0 Å². The van der Waals surface area contributed by atoms with Crippen molar-refractivity contribution >= 4 is 35.4 Å². The van der Waals surface area contributed by atoms with Gasteiger partial charge in [0.1, 0.15) is 5.69 Å². The van der Waals surface area contributed by atoms with Crippen molar-refractivity contribution in [2.24, 2.45) is 0 Å². The number of benzene rings is 1. The number of carboxylic acids is 1. The number of nitrogens with one attached hydrogen (secondary N) is 2. The van der Waals surface area contributed by atoms with Crippen molar-refractivity contribution < 1.29 is 14.7 Å². The summed E-state index contributed by atoms with van der Waals surface area (Å²) in [5.74, 6) is -1.21. The van der Waals surface area contributed by atoms with Gasteiger partial charge in [0.2, 0.25) is 0 Å². The molecule has 3 N–H and O–H groups in total. The Morgan fingerprint density at radius 1 is 1.32 bits per heavy atom. The molecule has 0 saturated heterocycles. The van der Waals surface area contributed by atoms with Crippen molar-refractivity contribution in [3.8, 4) is 0 Å². The van der Waals surface area contributed by atoms with Crippen LogP contribution >= 0.6 is 23.6 Å². The van der Waals surface area contributed by atoms with Crippen LogP contribution in [0.1, 0.15) is 26.4 Å². The monoisotopic (exact) mass is 294 g/mol. The van der Waals surface area contributed by atoms with Crippen LogP contribution in [-0.2, 0) is 6.54 Å². The molecule has 0 aliphatic heterocycles. The predicted molar refractivity (Wildman–Crippen MR) is 74.1 cm³/mol. The highest BCUT2D eigenvalue weighted by molar-refractivity contribution is 7.73. The molecule has 1 heterocycles. The van der Waals surface area contributed by atoms with Crippen LogP contribution < -0.4 is 5.32 Å². The Bertz CT molecular complexity index is 658. The van der Waals surface area contributed by atoms with Crippen molar-refractivity contribution in [2.75, 3.05) is 0 Å². The van der Waals surface area contributed by atoms with E-state index in [-0.39, 0.29) is 11.5 Å². The van der Waals surface area contributed by atoms with Gasteiger partial charge in [0.15, 0.2) is 3.95 Å². The van der Waals surface area contributed by atoms with E-state index in [1.54, 1.807) is 17.5 Å². The van der Waals surface area contributed by atoms with Gasteiger partial charge in [0.25, 0.3) is 5.91 Å². The van der Waals surface area contributed by atoms with Gasteiger partial charge in [-0.1, -0.05) is 12.1 Å². The molecule has 0 aliphatic rings. The third-order valence-electron chi connectivity index (χ3n) is 2.42. The normalized spacial score (nSPS) is 10.1. The smallest absolute Gasteiger partial charge is 0.335 e. The fraction of sp³-hybridized carbons (Fsp3) is 0.0833. The second kappa shape index (κ2) is 5.77. The van der Waals surface area contributed by atoms with Gasteiger partial charge in [-0.25, -0.2) is 4.79 Å². The Morgan fingerprint density at radius 3 is 2.53 bits per heavy atom. The van der Waals surface area contributed by atoms with Crippen LogP contribution in [0.2, 0.25) is 0 Å². The molecule has 0 saturated carbocycles. The molecule has 0 bridgehead atoms. The number of aromatic carboxylic acids is 1. The number of carbonyl (C=O) groups excluding carboxylic acids is 1. The Labute approximate surface area is 117 Å². The maximum Gasteiger partial charge on any atom is 0.335 e. The summed E-state index contributed by atoms with van der Waals surface area (Å²) in [7, 11) is 0. The fourth-order valence-corrected chi connectivity index (χ4v) is 2.25. The molecule has 5 nitrogen and oxygen atoms in total. The molecular formula is C12H10N2O3S2. The lowest BCUT2D eigenvalue weighted by molar-refractivity contribution is 0.0696. The van der Waals surface area contributed by atoms with Crippen LogP contribution in [0, 0.1) is 3.95 Å². The number of aromatic amines is 1. The molecular weight excluding hydrogens is 284 g/mol. The lowest BCUT2D eigenvalue weighted by Crippen LogP contribution is -2.23. The SMILES string of the molecule is O=C(O)c1ccc(CNC(=O)c2csc(=S)[nH]2)cc1. The zero-order chi connectivity index (χ0) is 13.8. The van der Waals surface area contributed by atoms with E-state index in [0.717, 1.165) is 5.56 Å². The summed E-state index contributed by atoms with van der Waals surface area (Å²) < 4.78 is 0.552. The van der Waals surface area contributed by atoms with E-state index >= 15 is 0 Å². The first-order valence-electron chi connectivity index (χ1n) is 5.34. The van der Waals surface area contributed by atoms with Crippen molar-refractivity contribution in [3.05, 3.63) is 50.4 Å². The molecule has 0 aliphatic carbocycles. The summed E-state index contributed by atoms with van der Waals surface area (Å²) in [6, 6.07) is 6.34. The van der Waals surface area contributed by atoms with Crippen molar-refractivity contribution in [1.29, 1.82) is 0 Å². The number of carbonyl (C=O) groups is 2. The van der Waals surface area contributed by atoms with E-state index in [9.17, 15) is 9.59 Å². The summed E-state index contributed by atoms with van der Waals surface area (Å²) in [5.41, 5.74) is 1.47. The number of H-pyrrole nitrogens is 1. The number of aromatic nitrogens is 1. The standard InChI is InChI=1S/C12H10N2O3S2/c15-10(9-6-19-12(18)14-9)13-5-7-1-3-8(4-2-7)11(16)17/h1-4,6H,5H2,(H,13,15)(H,14,18)(H,16,17). The number of rotatable bonds is 4. The second-order valence-corrected chi connectivity index (χ2v) is 5.29. The molecule has 19 heavy (non-hydrogen) atoms. The van der Waals surface area contributed by atoms with Crippen molar-refractivity contribution in [3.63, 3.8) is 0 Å². The molecule has 1 aromatic heterocycles. The van der Waals surface area contributed by atoms with Crippen molar-refractivity contribution in [1.82, 2.24) is 10.3 Å². The number of carboxylic acid groups (broad SMARTS) is 1.